The molecule has 0 aliphatic heterocycles. The summed E-state index contributed by atoms with van der Waals surface area (Å²) in [5, 5.41) is 0. The van der Waals surface area contributed by atoms with Crippen molar-refractivity contribution < 1.29 is 0 Å². The van der Waals surface area contributed by atoms with Gasteiger partial charge in [-0.2, -0.15) is 0 Å². The van der Waals surface area contributed by atoms with Gasteiger partial charge in [0.2, 0.25) is 0 Å². The highest BCUT2D eigenvalue weighted by atomic mass is 14.9. The van der Waals surface area contributed by atoms with Crippen molar-refractivity contribution in [1.82, 2.24) is 9.97 Å². The van der Waals surface area contributed by atoms with Crippen LogP contribution in [0.15, 0.2) is 48.8 Å². The maximum absolute atomic E-state index is 4.48. The molecule has 1 unspecified atom stereocenters. The normalized spacial score (nSPS) is 19.4. The van der Waals surface area contributed by atoms with Crippen LogP contribution >= 0.6 is 0 Å². The van der Waals surface area contributed by atoms with Crippen LogP contribution in [0.1, 0.15) is 30.9 Å². The third-order valence-electron chi connectivity index (χ3n) is 3.39. The van der Waals surface area contributed by atoms with E-state index in [0.717, 1.165) is 12.1 Å². The van der Waals surface area contributed by atoms with Gasteiger partial charge in [-0.3, -0.25) is 0 Å². The number of nitrogens with one attached hydrogen (secondary N) is 1. The van der Waals surface area contributed by atoms with Gasteiger partial charge in [-0.1, -0.05) is 42.5 Å². The first-order chi connectivity index (χ1) is 8.45. The van der Waals surface area contributed by atoms with Gasteiger partial charge in [0.15, 0.2) is 0 Å². The number of benzene rings is 1. The molecule has 3 rings (SSSR count). The minimum Gasteiger partial charge on any atom is -0.348 e. The largest absolute Gasteiger partial charge is 0.348 e. The van der Waals surface area contributed by atoms with Crippen LogP contribution in [-0.4, -0.2) is 9.97 Å². The molecule has 2 nitrogen and oxygen atoms in total. The highest BCUT2D eigenvalue weighted by Crippen LogP contribution is 2.33. The number of aromatic nitrogens is 2. The van der Waals surface area contributed by atoms with Crippen LogP contribution in [0.2, 0.25) is 0 Å². The Labute approximate surface area is 101 Å². The average Bonchev–Trinajstić information content (AvgIpc) is 2.90. The summed E-state index contributed by atoms with van der Waals surface area (Å²) in [6.07, 6.45) is 9.90. The van der Waals surface area contributed by atoms with E-state index in [1.807, 2.05) is 12.4 Å². The van der Waals surface area contributed by atoms with Crippen LogP contribution in [0.4, 0.5) is 0 Å². The van der Waals surface area contributed by atoms with Gasteiger partial charge < -0.3 is 4.98 Å². The number of H-pyrrole nitrogens is 1. The lowest BCUT2D eigenvalue weighted by molar-refractivity contribution is 0.605. The lowest BCUT2D eigenvalue weighted by Gasteiger charge is -2.17. The lowest BCUT2D eigenvalue weighted by atomic mass is 9.89. The molecule has 1 heterocycles. The molecule has 0 fully saturated rings. The predicted molar refractivity (Wildman–Crippen MR) is 69.8 cm³/mol. The third kappa shape index (κ3) is 2.03. The Hall–Kier alpha value is -1.83. The molecule has 1 aromatic carbocycles. The molecule has 1 aromatic heterocycles. The smallest absolute Gasteiger partial charge is 0.0929 e. The molecule has 2 heteroatoms. The lowest BCUT2D eigenvalue weighted by Crippen LogP contribution is -2.03. The molecule has 1 aliphatic carbocycles. The van der Waals surface area contributed by atoms with E-state index in [-0.39, 0.29) is 0 Å². The van der Waals surface area contributed by atoms with Crippen molar-refractivity contribution >= 4 is 0 Å². The maximum Gasteiger partial charge on any atom is 0.0929 e. The zero-order chi connectivity index (χ0) is 11.5. The quantitative estimate of drug-likeness (QED) is 0.770. The van der Waals surface area contributed by atoms with Gasteiger partial charge in [0, 0.05) is 17.2 Å². The third-order valence-corrected chi connectivity index (χ3v) is 3.39. The summed E-state index contributed by atoms with van der Waals surface area (Å²) in [6, 6.07) is 10.4. The van der Waals surface area contributed by atoms with Crippen molar-refractivity contribution in [2.45, 2.75) is 25.2 Å². The number of hydrogen-bond acceptors (Lipinski definition) is 1. The highest BCUT2D eigenvalue weighted by molar-refractivity contribution is 5.62. The fraction of sp³-hybridized carbons (Fsp3) is 0.267. The summed E-state index contributed by atoms with van der Waals surface area (Å²) in [5.41, 5.74) is 3.62. The molecule has 0 amide bonds. The van der Waals surface area contributed by atoms with Crippen molar-refractivity contribution in [2.24, 2.45) is 0 Å². The number of rotatable bonds is 2. The number of hydrogen-bond donors (Lipinski definition) is 1. The van der Waals surface area contributed by atoms with Crippen LogP contribution in [0, 0.1) is 0 Å². The van der Waals surface area contributed by atoms with Gasteiger partial charge in [0.05, 0.1) is 12.0 Å². The Morgan fingerprint density at radius 2 is 2.00 bits per heavy atom. The molecule has 2 aromatic rings. The molecular formula is C15H16N2. The Bertz CT molecular complexity index is 511. The van der Waals surface area contributed by atoms with E-state index in [2.05, 4.69) is 46.4 Å². The Balaban J connectivity index is 1.97. The van der Waals surface area contributed by atoms with Crippen LogP contribution in [0.3, 0.4) is 0 Å². The van der Waals surface area contributed by atoms with Crippen LogP contribution in [0.5, 0.6) is 0 Å². The number of nitrogens with zero attached hydrogens (tertiary/aromatic N) is 1. The van der Waals surface area contributed by atoms with Gasteiger partial charge in [0.25, 0.3) is 0 Å². The summed E-state index contributed by atoms with van der Waals surface area (Å²) >= 11 is 0. The molecule has 17 heavy (non-hydrogen) atoms. The first-order valence-corrected chi connectivity index (χ1v) is 6.19. The van der Waals surface area contributed by atoms with E-state index < -0.39 is 0 Å². The molecule has 0 radical (unpaired) electrons. The Morgan fingerprint density at radius 3 is 2.76 bits per heavy atom. The van der Waals surface area contributed by atoms with E-state index in [0.29, 0.717) is 5.92 Å². The summed E-state index contributed by atoms with van der Waals surface area (Å²) in [4.78, 5) is 7.81. The summed E-state index contributed by atoms with van der Waals surface area (Å²) < 4.78 is 0. The number of allylic oxidation sites excluding steroid dienone is 2. The second kappa shape index (κ2) is 4.58. The zero-order valence-electron chi connectivity index (χ0n) is 9.76. The molecule has 0 saturated carbocycles. The molecule has 0 bridgehead atoms. The zero-order valence-corrected chi connectivity index (χ0v) is 9.76. The minimum absolute atomic E-state index is 0.595. The molecule has 0 saturated heterocycles. The van der Waals surface area contributed by atoms with E-state index >= 15 is 0 Å². The van der Waals surface area contributed by atoms with Gasteiger partial charge in [-0.25, -0.2) is 4.98 Å². The second-order valence-corrected chi connectivity index (χ2v) is 4.51. The summed E-state index contributed by atoms with van der Waals surface area (Å²) in [5.74, 6) is 0.595. The highest BCUT2D eigenvalue weighted by Gasteiger charge is 2.18. The molecule has 1 atom stereocenters. The summed E-state index contributed by atoms with van der Waals surface area (Å²) in [6.45, 7) is 0. The topological polar surface area (TPSA) is 28.7 Å². The number of imidazole rings is 1. The summed E-state index contributed by atoms with van der Waals surface area (Å²) in [7, 11) is 0. The van der Waals surface area contributed by atoms with Crippen molar-refractivity contribution in [3.05, 3.63) is 54.5 Å². The molecule has 1 N–H and O–H groups in total. The van der Waals surface area contributed by atoms with Crippen LogP contribution in [0.25, 0.3) is 11.3 Å². The van der Waals surface area contributed by atoms with Crippen LogP contribution in [-0.2, 0) is 0 Å². The maximum atomic E-state index is 4.48. The van der Waals surface area contributed by atoms with E-state index in [1.54, 1.807) is 0 Å². The minimum atomic E-state index is 0.595. The van der Waals surface area contributed by atoms with E-state index in [4.69, 9.17) is 0 Å². The predicted octanol–water partition coefficient (Wildman–Crippen LogP) is 3.90. The second-order valence-electron chi connectivity index (χ2n) is 4.51. The van der Waals surface area contributed by atoms with Crippen molar-refractivity contribution in [2.75, 3.05) is 0 Å². The van der Waals surface area contributed by atoms with Gasteiger partial charge in [-0.05, 0) is 19.3 Å². The van der Waals surface area contributed by atoms with E-state index in [9.17, 15) is 0 Å². The first-order valence-electron chi connectivity index (χ1n) is 6.19. The number of aromatic amines is 1. The molecule has 86 valence electrons. The fourth-order valence-corrected chi connectivity index (χ4v) is 2.50. The molecular weight excluding hydrogens is 208 g/mol. The van der Waals surface area contributed by atoms with Crippen molar-refractivity contribution in [3.8, 4) is 11.3 Å². The Morgan fingerprint density at radius 1 is 1.12 bits per heavy atom. The molecule has 1 aliphatic rings. The van der Waals surface area contributed by atoms with E-state index in [1.165, 1.54) is 24.1 Å². The van der Waals surface area contributed by atoms with Crippen LogP contribution < -0.4 is 0 Å². The fourth-order valence-electron chi connectivity index (χ4n) is 2.50. The molecule has 0 spiro atoms. The monoisotopic (exact) mass is 224 g/mol. The Kier molecular flexibility index (Phi) is 2.78. The van der Waals surface area contributed by atoms with Gasteiger partial charge in [0.1, 0.15) is 0 Å². The van der Waals surface area contributed by atoms with Gasteiger partial charge >= 0.3 is 0 Å². The average molecular weight is 224 g/mol. The SMILES string of the molecule is C1=CCC(c2[nH]cnc2-c2ccccc2)CC1. The standard InChI is InChI=1S/C15H16N2/c1-3-7-12(8-4-1)14-15(17-11-16-14)13-9-5-2-6-10-13/h1-5,7-8,11,13H,6,9-10H2,(H,16,17). The van der Waals surface area contributed by atoms with Crippen molar-refractivity contribution in [3.63, 3.8) is 0 Å². The van der Waals surface area contributed by atoms with Gasteiger partial charge in [-0.15, -0.1) is 0 Å². The van der Waals surface area contributed by atoms with Crippen molar-refractivity contribution in [1.29, 1.82) is 0 Å². The first kappa shape index (κ1) is 10.3.